The van der Waals surface area contributed by atoms with Crippen molar-refractivity contribution in [2.75, 3.05) is 14.2 Å². The Morgan fingerprint density at radius 1 is 1.29 bits per heavy atom. The van der Waals surface area contributed by atoms with Crippen LogP contribution in [-0.4, -0.2) is 27.6 Å². The number of H-pyrrole nitrogens is 1. The largest absolute Gasteiger partial charge is 0.493 e. The van der Waals surface area contributed by atoms with E-state index in [9.17, 15) is 8.42 Å². The standard InChI is InChI=1S/C10H10ClNO4S/c1-15-7-5-6-3-4-12-8(6)10(9(7)16-2)17(11,13)14/h3-5,12H,1-2H3. The number of nitrogens with one attached hydrogen (secondary N) is 1. The van der Waals surface area contributed by atoms with Crippen LogP contribution in [0.25, 0.3) is 10.9 Å². The number of aromatic amines is 1. The van der Waals surface area contributed by atoms with Gasteiger partial charge in [-0.2, -0.15) is 0 Å². The highest BCUT2D eigenvalue weighted by Gasteiger charge is 2.25. The number of ether oxygens (including phenoxy) is 2. The monoisotopic (exact) mass is 275 g/mol. The van der Waals surface area contributed by atoms with Gasteiger partial charge in [-0.25, -0.2) is 8.42 Å². The number of benzene rings is 1. The van der Waals surface area contributed by atoms with E-state index < -0.39 is 9.05 Å². The Hall–Kier alpha value is -1.40. The summed E-state index contributed by atoms with van der Waals surface area (Å²) in [6, 6.07) is 3.40. The number of hydrogen-bond acceptors (Lipinski definition) is 4. The first kappa shape index (κ1) is 12.1. The third kappa shape index (κ3) is 1.94. The highest BCUT2D eigenvalue weighted by Crippen LogP contribution is 2.41. The summed E-state index contributed by atoms with van der Waals surface area (Å²) in [5, 5.41) is 0.682. The smallest absolute Gasteiger partial charge is 0.267 e. The molecule has 0 spiro atoms. The number of fused-ring (bicyclic) bond motifs is 1. The first-order chi connectivity index (χ1) is 7.99. The van der Waals surface area contributed by atoms with Crippen molar-refractivity contribution in [3.8, 4) is 11.5 Å². The third-order valence-corrected chi connectivity index (χ3v) is 3.73. The van der Waals surface area contributed by atoms with Crippen molar-refractivity contribution >= 4 is 30.6 Å². The minimum Gasteiger partial charge on any atom is -0.493 e. The maximum atomic E-state index is 11.6. The SMILES string of the molecule is COc1cc2cc[nH]c2c(S(=O)(=O)Cl)c1OC. The van der Waals surface area contributed by atoms with Gasteiger partial charge in [-0.15, -0.1) is 0 Å². The van der Waals surface area contributed by atoms with E-state index in [0.29, 0.717) is 16.7 Å². The van der Waals surface area contributed by atoms with Crippen LogP contribution in [0.1, 0.15) is 0 Å². The van der Waals surface area contributed by atoms with Crippen LogP contribution in [0.4, 0.5) is 0 Å². The number of hydrogen-bond donors (Lipinski definition) is 1. The predicted octanol–water partition coefficient (Wildman–Crippen LogP) is 2.11. The summed E-state index contributed by atoms with van der Waals surface area (Å²) in [4.78, 5) is 2.71. The van der Waals surface area contributed by atoms with E-state index in [1.807, 2.05) is 0 Å². The van der Waals surface area contributed by atoms with Gasteiger partial charge in [0.2, 0.25) is 0 Å². The van der Waals surface area contributed by atoms with E-state index in [4.69, 9.17) is 20.2 Å². The zero-order valence-corrected chi connectivity index (χ0v) is 10.7. The molecule has 0 atom stereocenters. The lowest BCUT2D eigenvalue weighted by Crippen LogP contribution is -2.00. The molecular weight excluding hydrogens is 266 g/mol. The lowest BCUT2D eigenvalue weighted by molar-refractivity contribution is 0.348. The normalized spacial score (nSPS) is 11.7. The van der Waals surface area contributed by atoms with Crippen LogP contribution in [0, 0.1) is 0 Å². The van der Waals surface area contributed by atoms with Crippen molar-refractivity contribution in [1.82, 2.24) is 4.98 Å². The lowest BCUT2D eigenvalue weighted by Gasteiger charge is -2.11. The van der Waals surface area contributed by atoms with E-state index in [2.05, 4.69) is 4.98 Å². The molecule has 1 aromatic carbocycles. The molecule has 1 aromatic heterocycles. The maximum absolute atomic E-state index is 11.6. The zero-order chi connectivity index (χ0) is 12.6. The maximum Gasteiger partial charge on any atom is 0.267 e. The summed E-state index contributed by atoms with van der Waals surface area (Å²) < 4.78 is 33.4. The first-order valence-corrected chi connectivity index (χ1v) is 6.96. The van der Waals surface area contributed by atoms with Gasteiger partial charge in [0, 0.05) is 22.3 Å². The molecule has 2 rings (SSSR count). The van der Waals surface area contributed by atoms with Crippen molar-refractivity contribution in [2.45, 2.75) is 4.90 Å². The van der Waals surface area contributed by atoms with Crippen molar-refractivity contribution in [3.05, 3.63) is 18.3 Å². The summed E-state index contributed by atoms with van der Waals surface area (Å²) in [7, 11) is 4.28. The average Bonchev–Trinajstić information content (AvgIpc) is 2.71. The number of aromatic nitrogens is 1. The van der Waals surface area contributed by atoms with Gasteiger partial charge in [0.1, 0.15) is 0 Å². The molecule has 0 unspecified atom stereocenters. The van der Waals surface area contributed by atoms with E-state index in [1.54, 1.807) is 18.3 Å². The Bertz CT molecular complexity index is 662. The number of rotatable bonds is 3. The van der Waals surface area contributed by atoms with Crippen molar-refractivity contribution in [3.63, 3.8) is 0 Å². The van der Waals surface area contributed by atoms with Crippen molar-refractivity contribution in [2.24, 2.45) is 0 Å². The molecule has 17 heavy (non-hydrogen) atoms. The quantitative estimate of drug-likeness (QED) is 0.871. The number of methoxy groups -OCH3 is 2. The van der Waals surface area contributed by atoms with Crippen molar-refractivity contribution < 1.29 is 17.9 Å². The molecule has 0 aliphatic rings. The summed E-state index contributed by atoms with van der Waals surface area (Å²) >= 11 is 0. The van der Waals surface area contributed by atoms with Crippen LogP contribution in [-0.2, 0) is 9.05 Å². The Morgan fingerprint density at radius 3 is 2.53 bits per heavy atom. The molecule has 0 saturated heterocycles. The van der Waals surface area contributed by atoms with Gasteiger partial charge >= 0.3 is 0 Å². The van der Waals surface area contributed by atoms with Crippen LogP contribution in [0.5, 0.6) is 11.5 Å². The van der Waals surface area contributed by atoms with Gasteiger partial charge in [0.15, 0.2) is 16.4 Å². The minimum absolute atomic E-state index is 0.0949. The molecule has 0 bridgehead atoms. The summed E-state index contributed by atoms with van der Waals surface area (Å²) in [6.07, 6.45) is 1.62. The molecule has 0 fully saturated rings. The Balaban J connectivity index is 2.97. The summed E-state index contributed by atoms with van der Waals surface area (Å²) in [5.74, 6) is 0.413. The molecule has 1 N–H and O–H groups in total. The van der Waals surface area contributed by atoms with E-state index in [1.165, 1.54) is 14.2 Å². The summed E-state index contributed by atoms with van der Waals surface area (Å²) in [5.41, 5.74) is 0.401. The first-order valence-electron chi connectivity index (χ1n) is 4.65. The highest BCUT2D eigenvalue weighted by atomic mass is 35.7. The lowest BCUT2D eigenvalue weighted by atomic mass is 10.2. The molecule has 1 heterocycles. The molecule has 0 saturated carbocycles. The fraction of sp³-hybridized carbons (Fsp3) is 0.200. The third-order valence-electron chi connectivity index (χ3n) is 2.39. The van der Waals surface area contributed by atoms with Crippen LogP contribution in [0.15, 0.2) is 23.2 Å². The van der Waals surface area contributed by atoms with Gasteiger partial charge in [0.25, 0.3) is 9.05 Å². The molecule has 7 heteroatoms. The Kier molecular flexibility index (Phi) is 2.92. The minimum atomic E-state index is -3.94. The van der Waals surface area contributed by atoms with E-state index in [0.717, 1.165) is 0 Å². The second-order valence-corrected chi connectivity index (χ2v) is 5.82. The number of halogens is 1. The van der Waals surface area contributed by atoms with Gasteiger partial charge in [0.05, 0.1) is 19.7 Å². The van der Waals surface area contributed by atoms with E-state index >= 15 is 0 Å². The van der Waals surface area contributed by atoms with Crippen molar-refractivity contribution in [1.29, 1.82) is 0 Å². The molecule has 5 nitrogen and oxygen atoms in total. The van der Waals surface area contributed by atoms with Crippen LogP contribution in [0.2, 0.25) is 0 Å². The zero-order valence-electron chi connectivity index (χ0n) is 9.15. The fourth-order valence-corrected chi connectivity index (χ4v) is 2.98. The molecule has 0 amide bonds. The topological polar surface area (TPSA) is 68.4 Å². The molecular formula is C10H10ClNO4S. The molecule has 0 radical (unpaired) electrons. The Morgan fingerprint density at radius 2 is 2.00 bits per heavy atom. The molecule has 0 aliphatic carbocycles. The van der Waals surface area contributed by atoms with Crippen LogP contribution >= 0.6 is 10.7 Å². The summed E-state index contributed by atoms with van der Waals surface area (Å²) in [6.45, 7) is 0. The predicted molar refractivity (Wildman–Crippen MR) is 64.4 cm³/mol. The molecule has 92 valence electrons. The fourth-order valence-electron chi connectivity index (χ4n) is 1.71. The highest BCUT2D eigenvalue weighted by molar-refractivity contribution is 8.14. The van der Waals surface area contributed by atoms with Crippen LogP contribution in [0.3, 0.4) is 0 Å². The molecule has 2 aromatic rings. The van der Waals surface area contributed by atoms with E-state index in [-0.39, 0.29) is 10.6 Å². The molecule has 0 aliphatic heterocycles. The van der Waals surface area contributed by atoms with Gasteiger partial charge in [-0.1, -0.05) is 0 Å². The van der Waals surface area contributed by atoms with Gasteiger partial charge in [-0.3, -0.25) is 0 Å². The van der Waals surface area contributed by atoms with Gasteiger partial charge in [-0.05, 0) is 12.1 Å². The average molecular weight is 276 g/mol. The Labute approximate surface area is 103 Å². The van der Waals surface area contributed by atoms with Crippen LogP contribution < -0.4 is 9.47 Å². The second-order valence-electron chi connectivity index (χ2n) is 3.32. The second kappa shape index (κ2) is 4.12. The van der Waals surface area contributed by atoms with Gasteiger partial charge < -0.3 is 14.5 Å².